The summed E-state index contributed by atoms with van der Waals surface area (Å²) in [5.74, 6) is 0.817. The van der Waals surface area contributed by atoms with Gasteiger partial charge in [0.25, 0.3) is 5.91 Å². The average Bonchev–Trinajstić information content (AvgIpc) is 3.04. The van der Waals surface area contributed by atoms with E-state index in [1.807, 2.05) is 29.2 Å². The van der Waals surface area contributed by atoms with E-state index in [4.69, 9.17) is 9.84 Å². The van der Waals surface area contributed by atoms with E-state index in [1.54, 1.807) is 0 Å². The van der Waals surface area contributed by atoms with Crippen LogP contribution in [0.15, 0.2) is 24.3 Å². The quantitative estimate of drug-likeness (QED) is 0.706. The van der Waals surface area contributed by atoms with Gasteiger partial charge in [0, 0.05) is 31.8 Å². The third kappa shape index (κ3) is 5.02. The van der Waals surface area contributed by atoms with Crippen LogP contribution in [0.3, 0.4) is 0 Å². The maximum absolute atomic E-state index is 12.0. The predicted octanol–water partition coefficient (Wildman–Crippen LogP) is 1.16. The molecule has 0 bridgehead atoms. The maximum Gasteiger partial charge on any atom is 0.260 e. The fourth-order valence-electron chi connectivity index (χ4n) is 2.42. The van der Waals surface area contributed by atoms with Gasteiger partial charge in [-0.25, -0.2) is 0 Å². The van der Waals surface area contributed by atoms with Gasteiger partial charge < -0.3 is 20.1 Å². The number of hydrogen-bond acceptors (Lipinski definition) is 4. The predicted molar refractivity (Wildman–Crippen MR) is 81.2 cm³/mol. The number of nitrogens with zero attached hydrogens (tertiary/aromatic N) is 1. The lowest BCUT2D eigenvalue weighted by atomic mass is 10.2. The summed E-state index contributed by atoms with van der Waals surface area (Å²) in [6.07, 6.45) is 2.92. The zero-order chi connectivity index (χ0) is 14.9. The maximum atomic E-state index is 12.0. The van der Waals surface area contributed by atoms with Crippen LogP contribution in [-0.2, 0) is 11.3 Å². The van der Waals surface area contributed by atoms with Crippen molar-refractivity contribution < 1.29 is 14.6 Å². The van der Waals surface area contributed by atoms with E-state index in [-0.39, 0.29) is 19.1 Å². The van der Waals surface area contributed by atoms with Crippen molar-refractivity contribution in [3.05, 3.63) is 29.8 Å². The molecule has 5 nitrogen and oxygen atoms in total. The highest BCUT2D eigenvalue weighted by Gasteiger charge is 2.18. The van der Waals surface area contributed by atoms with E-state index in [9.17, 15) is 4.79 Å². The number of aliphatic hydroxyl groups is 1. The van der Waals surface area contributed by atoms with Gasteiger partial charge in [0.15, 0.2) is 6.61 Å². The van der Waals surface area contributed by atoms with Crippen molar-refractivity contribution in [1.29, 1.82) is 0 Å². The normalized spacial score (nSPS) is 14.4. The standard InChI is InChI=1S/C16H24N2O3/c19-11-5-8-17-12-14-6-1-2-7-15(14)21-13-16(20)18-9-3-4-10-18/h1-2,6-7,17,19H,3-5,8-13H2. The summed E-state index contributed by atoms with van der Waals surface area (Å²) < 4.78 is 5.69. The highest BCUT2D eigenvalue weighted by Crippen LogP contribution is 2.18. The van der Waals surface area contributed by atoms with Crippen molar-refractivity contribution in [2.45, 2.75) is 25.8 Å². The molecule has 0 aromatic heterocycles. The van der Waals surface area contributed by atoms with Gasteiger partial charge in [-0.2, -0.15) is 0 Å². The largest absolute Gasteiger partial charge is 0.483 e. The number of likely N-dealkylation sites (tertiary alicyclic amines) is 1. The molecule has 1 aromatic rings. The van der Waals surface area contributed by atoms with Crippen LogP contribution < -0.4 is 10.1 Å². The lowest BCUT2D eigenvalue weighted by Crippen LogP contribution is -2.32. The van der Waals surface area contributed by atoms with Crippen LogP contribution in [0.5, 0.6) is 5.75 Å². The summed E-state index contributed by atoms with van der Waals surface area (Å²) in [4.78, 5) is 13.8. The molecule has 0 spiro atoms. The van der Waals surface area contributed by atoms with Gasteiger partial charge in [0.1, 0.15) is 5.75 Å². The molecule has 1 aliphatic heterocycles. The number of hydrogen-bond donors (Lipinski definition) is 2. The Balaban J connectivity index is 1.82. The molecule has 2 N–H and O–H groups in total. The van der Waals surface area contributed by atoms with Gasteiger partial charge in [0.05, 0.1) is 0 Å². The molecule has 1 fully saturated rings. The van der Waals surface area contributed by atoms with Crippen molar-refractivity contribution >= 4 is 5.91 Å². The SMILES string of the molecule is O=C(COc1ccccc1CNCCCO)N1CCCC1. The van der Waals surface area contributed by atoms with Gasteiger partial charge in [-0.1, -0.05) is 18.2 Å². The summed E-state index contributed by atoms with van der Waals surface area (Å²) in [7, 11) is 0. The third-order valence-corrected chi connectivity index (χ3v) is 3.61. The smallest absolute Gasteiger partial charge is 0.260 e. The number of rotatable bonds is 8. The van der Waals surface area contributed by atoms with E-state index >= 15 is 0 Å². The van der Waals surface area contributed by atoms with E-state index in [2.05, 4.69) is 5.32 Å². The lowest BCUT2D eigenvalue weighted by molar-refractivity contribution is -0.132. The Labute approximate surface area is 125 Å². The second kappa shape index (κ2) is 8.64. The Kier molecular flexibility index (Phi) is 6.50. The van der Waals surface area contributed by atoms with Crippen molar-refractivity contribution in [3.63, 3.8) is 0 Å². The molecule has 1 heterocycles. The Morgan fingerprint density at radius 1 is 1.29 bits per heavy atom. The summed E-state index contributed by atoms with van der Waals surface area (Å²) in [6, 6.07) is 7.74. The Hall–Kier alpha value is -1.59. The van der Waals surface area contributed by atoms with Crippen LogP contribution in [0.1, 0.15) is 24.8 Å². The van der Waals surface area contributed by atoms with Gasteiger partial charge >= 0.3 is 0 Å². The minimum Gasteiger partial charge on any atom is -0.483 e. The molecule has 0 aliphatic carbocycles. The molecule has 116 valence electrons. The number of carbonyl (C=O) groups excluding carboxylic acids is 1. The first kappa shape index (κ1) is 15.8. The first-order valence-corrected chi connectivity index (χ1v) is 7.61. The molecule has 0 saturated carbocycles. The molecule has 0 radical (unpaired) electrons. The zero-order valence-corrected chi connectivity index (χ0v) is 12.4. The summed E-state index contributed by atoms with van der Waals surface area (Å²) in [6.45, 7) is 3.44. The van der Waals surface area contributed by atoms with Crippen molar-refractivity contribution in [3.8, 4) is 5.75 Å². The molecule has 0 atom stereocenters. The third-order valence-electron chi connectivity index (χ3n) is 3.61. The number of aliphatic hydroxyl groups excluding tert-OH is 1. The van der Waals surface area contributed by atoms with Crippen LogP contribution in [0, 0.1) is 0 Å². The topological polar surface area (TPSA) is 61.8 Å². The minimum atomic E-state index is 0.0653. The summed E-state index contributed by atoms with van der Waals surface area (Å²) in [5, 5.41) is 12.0. The van der Waals surface area contributed by atoms with Gasteiger partial charge in [0.2, 0.25) is 0 Å². The summed E-state index contributed by atoms with van der Waals surface area (Å²) >= 11 is 0. The second-order valence-corrected chi connectivity index (χ2v) is 5.24. The molecule has 1 aromatic carbocycles. The Bertz CT molecular complexity index is 445. The first-order valence-electron chi connectivity index (χ1n) is 7.61. The molecule has 1 amide bonds. The van der Waals surface area contributed by atoms with E-state index in [1.165, 1.54) is 0 Å². The van der Waals surface area contributed by atoms with Crippen LogP contribution >= 0.6 is 0 Å². The van der Waals surface area contributed by atoms with Crippen molar-refractivity contribution in [1.82, 2.24) is 10.2 Å². The number of para-hydroxylation sites is 1. The highest BCUT2D eigenvalue weighted by molar-refractivity contribution is 5.78. The number of nitrogens with one attached hydrogen (secondary N) is 1. The van der Waals surface area contributed by atoms with E-state index in [0.29, 0.717) is 6.54 Å². The molecule has 1 aliphatic rings. The summed E-state index contributed by atoms with van der Waals surface area (Å²) in [5.41, 5.74) is 1.03. The average molecular weight is 292 g/mol. The van der Waals surface area contributed by atoms with E-state index in [0.717, 1.165) is 50.2 Å². The van der Waals surface area contributed by atoms with Gasteiger partial charge in [-0.15, -0.1) is 0 Å². The van der Waals surface area contributed by atoms with E-state index < -0.39 is 0 Å². The lowest BCUT2D eigenvalue weighted by Gasteiger charge is -2.17. The second-order valence-electron chi connectivity index (χ2n) is 5.24. The van der Waals surface area contributed by atoms with Crippen molar-refractivity contribution in [2.24, 2.45) is 0 Å². The van der Waals surface area contributed by atoms with Crippen LogP contribution in [0.25, 0.3) is 0 Å². The van der Waals surface area contributed by atoms with Gasteiger partial charge in [-0.3, -0.25) is 4.79 Å². The zero-order valence-electron chi connectivity index (χ0n) is 12.4. The highest BCUT2D eigenvalue weighted by atomic mass is 16.5. The van der Waals surface area contributed by atoms with Crippen LogP contribution in [0.2, 0.25) is 0 Å². The Morgan fingerprint density at radius 3 is 2.81 bits per heavy atom. The van der Waals surface area contributed by atoms with Crippen LogP contribution in [0.4, 0.5) is 0 Å². The fourth-order valence-corrected chi connectivity index (χ4v) is 2.42. The molecule has 1 saturated heterocycles. The number of benzene rings is 1. The van der Waals surface area contributed by atoms with Crippen molar-refractivity contribution in [2.75, 3.05) is 32.8 Å². The Morgan fingerprint density at radius 2 is 2.05 bits per heavy atom. The first-order chi connectivity index (χ1) is 10.3. The molecule has 5 heteroatoms. The molecular formula is C16H24N2O3. The monoisotopic (exact) mass is 292 g/mol. The van der Waals surface area contributed by atoms with Crippen LogP contribution in [-0.4, -0.2) is 48.8 Å². The molecular weight excluding hydrogens is 268 g/mol. The molecule has 2 rings (SSSR count). The number of carbonyl (C=O) groups is 1. The van der Waals surface area contributed by atoms with Gasteiger partial charge in [-0.05, 0) is 31.9 Å². The number of amides is 1. The minimum absolute atomic E-state index is 0.0653. The number of ether oxygens (including phenoxy) is 1. The fraction of sp³-hybridized carbons (Fsp3) is 0.562. The molecule has 21 heavy (non-hydrogen) atoms. The molecule has 0 unspecified atom stereocenters.